The summed E-state index contributed by atoms with van der Waals surface area (Å²) in [5.41, 5.74) is 1.89. The first-order chi connectivity index (χ1) is 6.74. The molecule has 1 atom stereocenters. The number of carboxylic acid groups (broad SMARTS) is 1. The normalized spacial score (nSPS) is 19.5. The number of hydrogen-bond acceptors (Lipinski definition) is 2. The fourth-order valence-electron chi connectivity index (χ4n) is 1.86. The molecule has 1 aromatic carbocycles. The molecule has 2 rings (SSSR count). The highest BCUT2D eigenvalue weighted by Gasteiger charge is 2.32. The summed E-state index contributed by atoms with van der Waals surface area (Å²) in [7, 11) is 0. The molecule has 0 bridgehead atoms. The van der Waals surface area contributed by atoms with Gasteiger partial charge in [-0.3, -0.25) is 4.90 Å². The fourth-order valence-corrected chi connectivity index (χ4v) is 1.86. The molecule has 74 valence electrons. The van der Waals surface area contributed by atoms with Gasteiger partial charge in [-0.2, -0.15) is 0 Å². The lowest BCUT2D eigenvalue weighted by Gasteiger charge is -2.19. The molecule has 4 nitrogen and oxygen atoms in total. The first-order valence-electron chi connectivity index (χ1n) is 4.42. The molecule has 2 N–H and O–H groups in total. The second-order valence-electron chi connectivity index (χ2n) is 3.31. The summed E-state index contributed by atoms with van der Waals surface area (Å²) in [4.78, 5) is 12.1. The molecule has 0 aromatic heterocycles. The van der Waals surface area contributed by atoms with Crippen molar-refractivity contribution in [2.75, 3.05) is 6.61 Å². The van der Waals surface area contributed by atoms with E-state index in [1.165, 1.54) is 4.90 Å². The van der Waals surface area contributed by atoms with Gasteiger partial charge in [0, 0.05) is 0 Å². The summed E-state index contributed by atoms with van der Waals surface area (Å²) in [5, 5.41) is 18.0. The van der Waals surface area contributed by atoms with E-state index in [1.54, 1.807) is 0 Å². The highest BCUT2D eigenvalue weighted by atomic mass is 16.4. The third-order valence-electron chi connectivity index (χ3n) is 2.55. The Morgan fingerprint density at radius 2 is 2.21 bits per heavy atom. The van der Waals surface area contributed by atoms with Crippen LogP contribution in [0.4, 0.5) is 4.79 Å². The van der Waals surface area contributed by atoms with E-state index in [0.717, 1.165) is 11.1 Å². The Morgan fingerprint density at radius 3 is 2.86 bits per heavy atom. The maximum absolute atomic E-state index is 10.9. The molecule has 0 unspecified atom stereocenters. The number of fused-ring (bicyclic) bond motifs is 1. The summed E-state index contributed by atoms with van der Waals surface area (Å²) in [5.74, 6) is 0. The van der Waals surface area contributed by atoms with Gasteiger partial charge in [0.25, 0.3) is 0 Å². The van der Waals surface area contributed by atoms with Gasteiger partial charge in [-0.1, -0.05) is 24.3 Å². The second-order valence-corrected chi connectivity index (χ2v) is 3.31. The zero-order valence-corrected chi connectivity index (χ0v) is 7.55. The van der Waals surface area contributed by atoms with Crippen LogP contribution in [0.5, 0.6) is 0 Å². The molecule has 1 heterocycles. The predicted molar refractivity (Wildman–Crippen MR) is 49.8 cm³/mol. The molecule has 4 heteroatoms. The average Bonchev–Trinajstić information content (AvgIpc) is 2.56. The molecule has 0 aliphatic carbocycles. The van der Waals surface area contributed by atoms with E-state index in [9.17, 15) is 4.79 Å². The molecule has 0 fully saturated rings. The molecule has 1 amide bonds. The molecule has 0 spiro atoms. The van der Waals surface area contributed by atoms with Gasteiger partial charge in [-0.15, -0.1) is 0 Å². The first kappa shape index (κ1) is 9.02. The summed E-state index contributed by atoms with van der Waals surface area (Å²) < 4.78 is 0. The Balaban J connectivity index is 2.38. The van der Waals surface area contributed by atoms with Gasteiger partial charge < -0.3 is 10.2 Å². The number of carbonyl (C=O) groups is 1. The third kappa shape index (κ3) is 1.24. The van der Waals surface area contributed by atoms with Crippen molar-refractivity contribution in [2.24, 2.45) is 0 Å². The van der Waals surface area contributed by atoms with Crippen molar-refractivity contribution in [3.8, 4) is 0 Å². The largest absolute Gasteiger partial charge is 0.465 e. The van der Waals surface area contributed by atoms with Crippen LogP contribution in [0, 0.1) is 0 Å². The van der Waals surface area contributed by atoms with Crippen molar-refractivity contribution >= 4 is 6.09 Å². The van der Waals surface area contributed by atoms with Crippen molar-refractivity contribution in [1.82, 2.24) is 4.90 Å². The summed E-state index contributed by atoms with van der Waals surface area (Å²) in [6, 6.07) is 7.08. The predicted octanol–water partition coefficient (Wildman–Crippen LogP) is 1.21. The molecule has 1 aromatic rings. The third-order valence-corrected chi connectivity index (χ3v) is 2.55. The number of amides is 1. The van der Waals surface area contributed by atoms with Gasteiger partial charge in [-0.25, -0.2) is 4.79 Å². The maximum Gasteiger partial charge on any atom is 0.408 e. The highest BCUT2D eigenvalue weighted by Crippen LogP contribution is 2.32. The summed E-state index contributed by atoms with van der Waals surface area (Å²) >= 11 is 0. The standard InChI is InChI=1S/C10H11NO3/c12-6-9-8-4-2-1-3-7(8)5-11(9)10(13)14/h1-4,9,12H,5-6H2,(H,13,14)/t9-/m1/s1. The van der Waals surface area contributed by atoms with E-state index in [4.69, 9.17) is 10.2 Å². The fraction of sp³-hybridized carbons (Fsp3) is 0.300. The van der Waals surface area contributed by atoms with Gasteiger partial charge in [0.2, 0.25) is 0 Å². The SMILES string of the molecule is O=C(O)N1Cc2ccccc2[C@H]1CO. The number of nitrogens with zero attached hydrogens (tertiary/aromatic N) is 1. The number of aliphatic hydroxyl groups excluding tert-OH is 1. The van der Waals surface area contributed by atoms with Crippen LogP contribution in [0.2, 0.25) is 0 Å². The highest BCUT2D eigenvalue weighted by molar-refractivity contribution is 5.67. The Labute approximate surface area is 81.4 Å². The number of rotatable bonds is 1. The molecule has 0 saturated heterocycles. The summed E-state index contributed by atoms with van der Waals surface area (Å²) in [6.45, 7) is 0.208. The first-order valence-corrected chi connectivity index (χ1v) is 4.42. The quantitative estimate of drug-likeness (QED) is 0.704. The Bertz CT molecular complexity index is 364. The smallest absolute Gasteiger partial charge is 0.408 e. The summed E-state index contributed by atoms with van der Waals surface area (Å²) in [6.07, 6.45) is -0.986. The van der Waals surface area contributed by atoms with Crippen LogP contribution in [0.3, 0.4) is 0 Å². The second kappa shape index (κ2) is 3.31. The van der Waals surface area contributed by atoms with Crippen LogP contribution in [0.15, 0.2) is 24.3 Å². The van der Waals surface area contributed by atoms with Gasteiger partial charge >= 0.3 is 6.09 Å². The zero-order valence-electron chi connectivity index (χ0n) is 7.55. The minimum atomic E-state index is -0.986. The van der Waals surface area contributed by atoms with Crippen LogP contribution >= 0.6 is 0 Å². The zero-order chi connectivity index (χ0) is 10.1. The molecule has 14 heavy (non-hydrogen) atoms. The molecular formula is C10H11NO3. The van der Waals surface area contributed by atoms with Gasteiger partial charge in [0.05, 0.1) is 19.2 Å². The van der Waals surface area contributed by atoms with Crippen LogP contribution in [0.1, 0.15) is 17.2 Å². The number of hydrogen-bond donors (Lipinski definition) is 2. The van der Waals surface area contributed by atoms with Crippen molar-refractivity contribution in [3.05, 3.63) is 35.4 Å². The molecule has 0 saturated carbocycles. The average molecular weight is 193 g/mol. The van der Waals surface area contributed by atoms with E-state index < -0.39 is 12.1 Å². The lowest BCUT2D eigenvalue weighted by atomic mass is 10.1. The number of aliphatic hydroxyl groups is 1. The van der Waals surface area contributed by atoms with Crippen molar-refractivity contribution in [2.45, 2.75) is 12.6 Å². The van der Waals surface area contributed by atoms with Crippen molar-refractivity contribution in [1.29, 1.82) is 0 Å². The molecule has 0 radical (unpaired) electrons. The minimum Gasteiger partial charge on any atom is -0.465 e. The Morgan fingerprint density at radius 1 is 1.50 bits per heavy atom. The maximum atomic E-state index is 10.9. The van der Waals surface area contributed by atoms with Crippen LogP contribution in [-0.2, 0) is 6.54 Å². The van der Waals surface area contributed by atoms with Gasteiger partial charge in [-0.05, 0) is 11.1 Å². The van der Waals surface area contributed by atoms with Gasteiger partial charge in [0.1, 0.15) is 0 Å². The van der Waals surface area contributed by atoms with E-state index >= 15 is 0 Å². The lowest BCUT2D eigenvalue weighted by Crippen LogP contribution is -2.29. The topological polar surface area (TPSA) is 60.8 Å². The van der Waals surface area contributed by atoms with E-state index in [-0.39, 0.29) is 6.61 Å². The van der Waals surface area contributed by atoms with E-state index in [0.29, 0.717) is 6.54 Å². The van der Waals surface area contributed by atoms with E-state index in [1.807, 2.05) is 24.3 Å². The number of benzene rings is 1. The van der Waals surface area contributed by atoms with Gasteiger partial charge in [0.15, 0.2) is 0 Å². The van der Waals surface area contributed by atoms with Crippen molar-refractivity contribution in [3.63, 3.8) is 0 Å². The Hall–Kier alpha value is -1.55. The van der Waals surface area contributed by atoms with Crippen molar-refractivity contribution < 1.29 is 15.0 Å². The minimum absolute atomic E-state index is 0.163. The Kier molecular flexibility index (Phi) is 2.13. The molecular weight excluding hydrogens is 182 g/mol. The van der Waals surface area contributed by atoms with Crippen LogP contribution < -0.4 is 0 Å². The van der Waals surface area contributed by atoms with Crippen LogP contribution in [-0.4, -0.2) is 27.8 Å². The molecule has 1 aliphatic heterocycles. The van der Waals surface area contributed by atoms with E-state index in [2.05, 4.69) is 0 Å². The lowest BCUT2D eigenvalue weighted by molar-refractivity contribution is 0.104. The van der Waals surface area contributed by atoms with Crippen LogP contribution in [0.25, 0.3) is 0 Å². The monoisotopic (exact) mass is 193 g/mol. The molecule has 1 aliphatic rings.